The molecule has 1 aromatic carbocycles. The predicted molar refractivity (Wildman–Crippen MR) is 49.9 cm³/mol. The fourth-order valence-electron chi connectivity index (χ4n) is 1.61. The molecule has 0 unspecified atom stereocenters. The first-order valence-corrected chi connectivity index (χ1v) is 4.26. The average Bonchev–Trinajstić information content (AvgIpc) is 2.01. The molecule has 2 heteroatoms. The summed E-state index contributed by atoms with van der Waals surface area (Å²) in [6, 6.07) is 4.78. The zero-order chi connectivity index (χ0) is 10.0. The van der Waals surface area contributed by atoms with Gasteiger partial charge in [0.1, 0.15) is 5.82 Å². The van der Waals surface area contributed by atoms with Gasteiger partial charge in [-0.25, -0.2) is 4.39 Å². The van der Waals surface area contributed by atoms with Gasteiger partial charge in [0.2, 0.25) is 0 Å². The maximum absolute atomic E-state index is 12.9. The SMILES string of the molecule is Cc1cc(F)cc(C#N)c1C(C)C. The van der Waals surface area contributed by atoms with E-state index in [1.807, 2.05) is 26.8 Å². The van der Waals surface area contributed by atoms with Crippen molar-refractivity contribution in [1.29, 1.82) is 5.26 Å². The van der Waals surface area contributed by atoms with Crippen LogP contribution in [0, 0.1) is 24.1 Å². The quantitative estimate of drug-likeness (QED) is 0.646. The molecule has 1 nitrogen and oxygen atoms in total. The van der Waals surface area contributed by atoms with Gasteiger partial charge >= 0.3 is 0 Å². The largest absolute Gasteiger partial charge is 0.207 e. The predicted octanol–water partition coefficient (Wildman–Crippen LogP) is 3.13. The Bertz CT molecular complexity index is 361. The summed E-state index contributed by atoms with van der Waals surface area (Å²) in [5, 5.41) is 8.80. The Morgan fingerprint density at radius 2 is 2.00 bits per heavy atom. The number of hydrogen-bond acceptors (Lipinski definition) is 1. The second-order valence-electron chi connectivity index (χ2n) is 3.45. The molecule has 0 radical (unpaired) electrons. The van der Waals surface area contributed by atoms with Gasteiger partial charge in [-0.15, -0.1) is 0 Å². The number of halogens is 1. The lowest BCUT2D eigenvalue weighted by Gasteiger charge is -2.11. The average molecular weight is 177 g/mol. The van der Waals surface area contributed by atoms with E-state index in [9.17, 15) is 4.39 Å². The van der Waals surface area contributed by atoms with Crippen LogP contribution < -0.4 is 0 Å². The van der Waals surface area contributed by atoms with Crippen LogP contribution in [0.1, 0.15) is 36.5 Å². The lowest BCUT2D eigenvalue weighted by Crippen LogP contribution is -1.97. The van der Waals surface area contributed by atoms with Crippen LogP contribution in [-0.2, 0) is 0 Å². The third-order valence-corrected chi connectivity index (χ3v) is 2.05. The molecule has 0 amide bonds. The van der Waals surface area contributed by atoms with E-state index in [1.54, 1.807) is 0 Å². The zero-order valence-electron chi connectivity index (χ0n) is 8.06. The third-order valence-electron chi connectivity index (χ3n) is 2.05. The van der Waals surface area contributed by atoms with Gasteiger partial charge in [-0.2, -0.15) is 5.26 Å². The normalized spacial score (nSPS) is 10.2. The van der Waals surface area contributed by atoms with Gasteiger partial charge in [-0.3, -0.25) is 0 Å². The van der Waals surface area contributed by atoms with Crippen LogP contribution in [0.15, 0.2) is 12.1 Å². The van der Waals surface area contributed by atoms with Crippen LogP contribution in [0.25, 0.3) is 0 Å². The fourth-order valence-corrected chi connectivity index (χ4v) is 1.61. The van der Waals surface area contributed by atoms with Crippen LogP contribution in [0.2, 0.25) is 0 Å². The molecule has 0 atom stereocenters. The summed E-state index contributed by atoms with van der Waals surface area (Å²) in [4.78, 5) is 0. The molecule has 0 bridgehead atoms. The van der Waals surface area contributed by atoms with Gasteiger partial charge in [0.15, 0.2) is 0 Å². The minimum atomic E-state index is -0.335. The molecule has 0 saturated carbocycles. The van der Waals surface area contributed by atoms with Gasteiger partial charge in [-0.05, 0) is 36.1 Å². The van der Waals surface area contributed by atoms with Gasteiger partial charge in [0, 0.05) is 0 Å². The highest BCUT2D eigenvalue weighted by Gasteiger charge is 2.10. The summed E-state index contributed by atoms with van der Waals surface area (Å²) in [6.07, 6.45) is 0. The Morgan fingerprint density at radius 1 is 1.38 bits per heavy atom. The Balaban J connectivity index is 3.41. The summed E-state index contributed by atoms with van der Waals surface area (Å²) < 4.78 is 12.9. The van der Waals surface area contributed by atoms with E-state index in [0.29, 0.717) is 5.56 Å². The molecule has 1 aromatic rings. The van der Waals surface area contributed by atoms with Crippen molar-refractivity contribution >= 4 is 0 Å². The number of aryl methyl sites for hydroxylation is 1. The number of rotatable bonds is 1. The maximum atomic E-state index is 12.9. The molecule has 13 heavy (non-hydrogen) atoms. The Morgan fingerprint density at radius 3 is 2.46 bits per heavy atom. The fraction of sp³-hybridized carbons (Fsp3) is 0.364. The summed E-state index contributed by atoms with van der Waals surface area (Å²) in [5.74, 6) is -0.0753. The summed E-state index contributed by atoms with van der Waals surface area (Å²) in [6.45, 7) is 5.83. The number of nitrogens with zero attached hydrogens (tertiary/aromatic N) is 1. The number of nitriles is 1. The minimum Gasteiger partial charge on any atom is -0.207 e. The molecular weight excluding hydrogens is 165 g/mol. The molecule has 0 saturated heterocycles. The van der Waals surface area contributed by atoms with Crippen molar-refractivity contribution < 1.29 is 4.39 Å². The van der Waals surface area contributed by atoms with Crippen molar-refractivity contribution in [2.75, 3.05) is 0 Å². The van der Waals surface area contributed by atoms with E-state index in [1.165, 1.54) is 12.1 Å². The first-order chi connectivity index (χ1) is 6.06. The first-order valence-electron chi connectivity index (χ1n) is 4.26. The molecule has 68 valence electrons. The zero-order valence-corrected chi connectivity index (χ0v) is 8.06. The number of hydrogen-bond donors (Lipinski definition) is 0. The van der Waals surface area contributed by atoms with E-state index in [0.717, 1.165) is 11.1 Å². The second kappa shape index (κ2) is 3.57. The highest BCUT2D eigenvalue weighted by molar-refractivity contribution is 5.44. The Hall–Kier alpha value is -1.36. The second-order valence-corrected chi connectivity index (χ2v) is 3.45. The highest BCUT2D eigenvalue weighted by atomic mass is 19.1. The molecule has 0 N–H and O–H groups in total. The monoisotopic (exact) mass is 177 g/mol. The van der Waals surface area contributed by atoms with Crippen LogP contribution in [0.4, 0.5) is 4.39 Å². The summed E-state index contributed by atoms with van der Waals surface area (Å²) in [5.41, 5.74) is 2.25. The van der Waals surface area contributed by atoms with Crippen molar-refractivity contribution in [2.24, 2.45) is 0 Å². The van der Waals surface area contributed by atoms with Crippen molar-refractivity contribution in [1.82, 2.24) is 0 Å². The van der Waals surface area contributed by atoms with Gasteiger partial charge < -0.3 is 0 Å². The van der Waals surface area contributed by atoms with Gasteiger partial charge in [-0.1, -0.05) is 13.8 Å². The first kappa shape index (κ1) is 9.73. The van der Waals surface area contributed by atoms with E-state index in [-0.39, 0.29) is 11.7 Å². The number of benzene rings is 1. The van der Waals surface area contributed by atoms with E-state index >= 15 is 0 Å². The van der Waals surface area contributed by atoms with E-state index in [2.05, 4.69) is 0 Å². The van der Waals surface area contributed by atoms with Crippen molar-refractivity contribution in [2.45, 2.75) is 26.7 Å². The van der Waals surface area contributed by atoms with Crippen LogP contribution in [-0.4, -0.2) is 0 Å². The molecule has 0 aromatic heterocycles. The third kappa shape index (κ3) is 1.86. The summed E-state index contributed by atoms with van der Waals surface area (Å²) in [7, 11) is 0. The Labute approximate surface area is 77.8 Å². The standard InChI is InChI=1S/C11H12FN/c1-7(2)11-8(3)4-10(12)5-9(11)6-13/h4-5,7H,1-3H3. The molecular formula is C11H12FN. The molecule has 1 rings (SSSR count). The van der Waals surface area contributed by atoms with Crippen LogP contribution in [0.5, 0.6) is 0 Å². The van der Waals surface area contributed by atoms with Gasteiger partial charge in [0.05, 0.1) is 11.6 Å². The molecule has 0 heterocycles. The van der Waals surface area contributed by atoms with E-state index in [4.69, 9.17) is 5.26 Å². The smallest absolute Gasteiger partial charge is 0.124 e. The molecule has 0 aliphatic carbocycles. The Kier molecular flexibility index (Phi) is 2.67. The maximum Gasteiger partial charge on any atom is 0.124 e. The molecule has 0 aliphatic heterocycles. The van der Waals surface area contributed by atoms with Gasteiger partial charge in [0.25, 0.3) is 0 Å². The van der Waals surface area contributed by atoms with Crippen LogP contribution >= 0.6 is 0 Å². The van der Waals surface area contributed by atoms with Crippen molar-refractivity contribution in [3.63, 3.8) is 0 Å². The highest BCUT2D eigenvalue weighted by Crippen LogP contribution is 2.23. The molecule has 0 spiro atoms. The molecule has 0 fully saturated rings. The lowest BCUT2D eigenvalue weighted by molar-refractivity contribution is 0.624. The van der Waals surface area contributed by atoms with Crippen molar-refractivity contribution in [3.8, 4) is 6.07 Å². The lowest BCUT2D eigenvalue weighted by atomic mass is 9.93. The minimum absolute atomic E-state index is 0.259. The van der Waals surface area contributed by atoms with E-state index < -0.39 is 0 Å². The summed E-state index contributed by atoms with van der Waals surface area (Å²) >= 11 is 0. The van der Waals surface area contributed by atoms with Crippen molar-refractivity contribution in [3.05, 3.63) is 34.6 Å². The van der Waals surface area contributed by atoms with Crippen LogP contribution in [0.3, 0.4) is 0 Å². The molecule has 0 aliphatic rings. The topological polar surface area (TPSA) is 23.8 Å².